The van der Waals surface area contributed by atoms with Crippen LogP contribution < -0.4 is 0 Å². The Balaban J connectivity index is 1.42. The molecule has 0 aliphatic heterocycles. The lowest BCUT2D eigenvalue weighted by molar-refractivity contribution is 1.15. The van der Waals surface area contributed by atoms with Crippen LogP contribution in [-0.2, 0) is 0 Å². The van der Waals surface area contributed by atoms with Crippen molar-refractivity contribution in [2.45, 2.75) is 0 Å². The van der Waals surface area contributed by atoms with Gasteiger partial charge in [0.25, 0.3) is 0 Å². The average Bonchev–Trinajstić information content (AvgIpc) is 3.80. The maximum atomic E-state index is 5.08. The summed E-state index contributed by atoms with van der Waals surface area (Å²) < 4.78 is 7.03. The third-order valence-electron chi connectivity index (χ3n) is 9.69. The van der Waals surface area contributed by atoms with Gasteiger partial charge in [0.1, 0.15) is 11.3 Å². The lowest BCUT2D eigenvalue weighted by Crippen LogP contribution is -1.98. The van der Waals surface area contributed by atoms with Crippen LogP contribution in [-0.4, -0.2) is 28.5 Å². The van der Waals surface area contributed by atoms with E-state index >= 15 is 0 Å². The molecular weight excluding hydrogens is 576 g/mol. The van der Waals surface area contributed by atoms with Crippen molar-refractivity contribution in [1.29, 1.82) is 0 Å². The van der Waals surface area contributed by atoms with Crippen molar-refractivity contribution in [3.05, 3.63) is 146 Å². The molecule has 0 fully saturated rings. The van der Waals surface area contributed by atoms with E-state index in [9.17, 15) is 0 Å². The van der Waals surface area contributed by atoms with E-state index < -0.39 is 0 Å². The summed E-state index contributed by atoms with van der Waals surface area (Å²) in [5.41, 5.74) is 10.3. The first kappa shape index (κ1) is 24.8. The second-order valence-corrected chi connectivity index (χ2v) is 12.1. The Labute approximate surface area is 267 Å². The summed E-state index contributed by atoms with van der Waals surface area (Å²) in [5.74, 6) is 0. The van der Waals surface area contributed by atoms with Crippen molar-refractivity contribution in [2.75, 3.05) is 0 Å². The number of aromatic nitrogens is 6. The van der Waals surface area contributed by atoms with Gasteiger partial charge < -0.3 is 9.13 Å². The van der Waals surface area contributed by atoms with Crippen LogP contribution in [0.25, 0.3) is 93.6 Å². The highest BCUT2D eigenvalue weighted by atomic mass is 15.1. The highest BCUT2D eigenvalue weighted by Crippen LogP contribution is 2.44. The third-order valence-corrected chi connectivity index (χ3v) is 9.69. The van der Waals surface area contributed by atoms with Crippen molar-refractivity contribution >= 4 is 82.2 Å². The smallest absolute Gasteiger partial charge is 0.178 e. The number of para-hydroxylation sites is 3. The molecule has 0 aliphatic carbocycles. The Bertz CT molecular complexity index is 3060. The van der Waals surface area contributed by atoms with Gasteiger partial charge >= 0.3 is 0 Å². The fourth-order valence-electron chi connectivity index (χ4n) is 7.79. The van der Waals surface area contributed by atoms with Crippen molar-refractivity contribution in [3.63, 3.8) is 0 Å². The molecule has 0 unspecified atom stereocenters. The Morgan fingerprint density at radius 1 is 0.383 bits per heavy atom. The summed E-state index contributed by atoms with van der Waals surface area (Å²) in [5, 5.41) is 8.09. The van der Waals surface area contributed by atoms with Crippen molar-refractivity contribution in [3.8, 4) is 11.4 Å². The highest BCUT2D eigenvalue weighted by molar-refractivity contribution is 6.27. The largest absolute Gasteiger partial charge is 0.307 e. The van der Waals surface area contributed by atoms with Crippen LogP contribution in [0.1, 0.15) is 0 Å². The van der Waals surface area contributed by atoms with E-state index in [1.807, 2.05) is 18.3 Å². The first-order chi connectivity index (χ1) is 23.3. The third kappa shape index (κ3) is 3.21. The zero-order valence-corrected chi connectivity index (χ0v) is 25.0. The van der Waals surface area contributed by atoms with Crippen LogP contribution in [0.5, 0.6) is 0 Å². The molecule has 0 amide bonds. The molecule has 6 heterocycles. The fourth-order valence-corrected chi connectivity index (χ4v) is 7.79. The molecule has 0 aliphatic rings. The van der Waals surface area contributed by atoms with E-state index in [1.54, 1.807) is 6.20 Å². The van der Waals surface area contributed by atoms with E-state index in [1.165, 1.54) is 38.1 Å². The Kier molecular flexibility index (Phi) is 4.75. The van der Waals surface area contributed by atoms with Gasteiger partial charge in [-0.25, -0.2) is 15.0 Å². The molecule has 6 aromatic heterocycles. The lowest BCUT2D eigenvalue weighted by atomic mass is 10.0. The van der Waals surface area contributed by atoms with Gasteiger partial charge in [-0.3, -0.25) is 4.40 Å². The van der Waals surface area contributed by atoms with Gasteiger partial charge in [0, 0.05) is 56.1 Å². The minimum Gasteiger partial charge on any atom is -0.307 e. The van der Waals surface area contributed by atoms with Gasteiger partial charge in [0.05, 0.1) is 27.6 Å². The fraction of sp³-hybridized carbons (Fsp3) is 0. The van der Waals surface area contributed by atoms with Crippen molar-refractivity contribution < 1.29 is 0 Å². The number of nitrogens with zero attached hydrogens (tertiary/aromatic N) is 6. The van der Waals surface area contributed by atoms with Gasteiger partial charge in [-0.05, 0) is 72.1 Å². The molecule has 5 aromatic carbocycles. The average molecular weight is 601 g/mol. The number of fused-ring (bicyclic) bond motifs is 15. The van der Waals surface area contributed by atoms with E-state index in [0.29, 0.717) is 5.65 Å². The topological polar surface area (TPSA) is 52.9 Å². The first-order valence-electron chi connectivity index (χ1n) is 15.8. The molecule has 6 heteroatoms. The molecule has 0 saturated carbocycles. The molecular formula is C41H24N6. The van der Waals surface area contributed by atoms with E-state index in [-0.39, 0.29) is 0 Å². The standard InChI is InChI=1S/C41H24N6/c1-3-11-25(12-4-1)45-34-17-8-7-15-27(34)28-19-20-29-32-23-33-31(24-36(32)46(38(29)37(28)45)26-13-5-2-6-14-26)30-16-9-22-43-40(30)47-35-18-10-21-42-39(35)44-41(33)47/h1-24H. The predicted molar refractivity (Wildman–Crippen MR) is 192 cm³/mol. The van der Waals surface area contributed by atoms with Gasteiger partial charge in [-0.1, -0.05) is 66.7 Å². The number of benzene rings is 5. The summed E-state index contributed by atoms with van der Waals surface area (Å²) in [7, 11) is 0. The molecule has 11 aromatic rings. The van der Waals surface area contributed by atoms with Crippen LogP contribution in [0.2, 0.25) is 0 Å². The maximum absolute atomic E-state index is 5.08. The molecule has 0 saturated heterocycles. The van der Waals surface area contributed by atoms with Crippen LogP contribution >= 0.6 is 0 Å². The second-order valence-electron chi connectivity index (χ2n) is 12.1. The predicted octanol–water partition coefficient (Wildman–Crippen LogP) is 9.78. The van der Waals surface area contributed by atoms with Crippen LogP contribution in [0.3, 0.4) is 0 Å². The molecule has 0 radical (unpaired) electrons. The molecule has 11 rings (SSSR count). The van der Waals surface area contributed by atoms with Crippen LogP contribution in [0.15, 0.2) is 146 Å². The van der Waals surface area contributed by atoms with Gasteiger partial charge in [0.2, 0.25) is 0 Å². The summed E-state index contributed by atoms with van der Waals surface area (Å²) in [6, 6.07) is 47.6. The quantitative estimate of drug-likeness (QED) is 0.186. The number of rotatable bonds is 2. The SMILES string of the molecule is c1ccc(-n2c3ccccc3c3ccc4c5cc6c(cc5n(-c5ccccc5)c4c32)c2cccnc2n2c3cccnc3nc62)cc1. The monoisotopic (exact) mass is 600 g/mol. The lowest BCUT2D eigenvalue weighted by Gasteiger charge is -2.13. The van der Waals surface area contributed by atoms with Crippen molar-refractivity contribution in [2.24, 2.45) is 0 Å². The number of imidazole rings is 1. The zero-order valence-electron chi connectivity index (χ0n) is 25.0. The Morgan fingerprint density at radius 3 is 1.79 bits per heavy atom. The summed E-state index contributed by atoms with van der Waals surface area (Å²) >= 11 is 0. The minimum absolute atomic E-state index is 0.716. The van der Waals surface area contributed by atoms with Gasteiger partial charge in [0.15, 0.2) is 5.65 Å². The van der Waals surface area contributed by atoms with Gasteiger partial charge in [-0.15, -0.1) is 0 Å². The van der Waals surface area contributed by atoms with Crippen molar-refractivity contribution in [1.82, 2.24) is 28.5 Å². The summed E-state index contributed by atoms with van der Waals surface area (Å²) in [4.78, 5) is 14.6. The molecule has 0 bridgehead atoms. The second kappa shape index (κ2) is 9.02. The molecule has 0 atom stereocenters. The highest BCUT2D eigenvalue weighted by Gasteiger charge is 2.23. The summed E-state index contributed by atoms with van der Waals surface area (Å²) in [6.07, 6.45) is 3.66. The molecule has 218 valence electrons. The van der Waals surface area contributed by atoms with Crippen LogP contribution in [0.4, 0.5) is 0 Å². The molecule has 0 spiro atoms. The number of hydrogen-bond donors (Lipinski definition) is 0. The van der Waals surface area contributed by atoms with E-state index in [4.69, 9.17) is 9.97 Å². The Hall–Kier alpha value is -6.53. The zero-order chi connectivity index (χ0) is 30.6. The first-order valence-corrected chi connectivity index (χ1v) is 15.8. The van der Waals surface area contributed by atoms with E-state index in [2.05, 4.69) is 140 Å². The molecule has 47 heavy (non-hydrogen) atoms. The summed E-state index contributed by atoms with van der Waals surface area (Å²) in [6.45, 7) is 0. The molecule has 6 nitrogen and oxygen atoms in total. The number of pyridine rings is 3. The minimum atomic E-state index is 0.716. The van der Waals surface area contributed by atoms with E-state index in [0.717, 1.165) is 49.9 Å². The number of hydrogen-bond acceptors (Lipinski definition) is 3. The van der Waals surface area contributed by atoms with Crippen LogP contribution in [0, 0.1) is 0 Å². The maximum Gasteiger partial charge on any atom is 0.178 e. The van der Waals surface area contributed by atoms with Gasteiger partial charge in [-0.2, -0.15) is 0 Å². The normalized spacial score (nSPS) is 12.3. The Morgan fingerprint density at radius 2 is 1.00 bits per heavy atom. The molecule has 0 N–H and O–H groups in total.